The molecule has 0 bridgehead atoms. The van der Waals surface area contributed by atoms with E-state index in [-0.39, 0.29) is 11.7 Å². The lowest BCUT2D eigenvalue weighted by atomic mass is 10.2. The monoisotopic (exact) mass is 357 g/mol. The smallest absolute Gasteiger partial charge is 0.335 e. The lowest BCUT2D eigenvalue weighted by Crippen LogP contribution is -2.47. The fraction of sp³-hybridized carbons (Fsp3) is 0.533. The van der Waals surface area contributed by atoms with Crippen molar-refractivity contribution in [3.63, 3.8) is 0 Å². The summed E-state index contributed by atoms with van der Waals surface area (Å²) in [5, 5.41) is 9.01. The molecule has 0 radical (unpaired) electrons. The number of benzene rings is 1. The van der Waals surface area contributed by atoms with Crippen LogP contribution in [0.5, 0.6) is 5.75 Å². The van der Waals surface area contributed by atoms with Crippen LogP contribution in [0.4, 0.5) is 0 Å². The molecular formula is C15H20BrNO4. The van der Waals surface area contributed by atoms with Gasteiger partial charge in [0, 0.05) is 19.1 Å². The van der Waals surface area contributed by atoms with Crippen LogP contribution in [0, 0.1) is 0 Å². The summed E-state index contributed by atoms with van der Waals surface area (Å²) in [5.74, 6) is -0.438. The third-order valence-corrected chi connectivity index (χ3v) is 4.16. The zero-order chi connectivity index (χ0) is 15.4. The number of halogens is 1. The summed E-state index contributed by atoms with van der Waals surface area (Å²) in [6.07, 6.45) is 0.00142. The van der Waals surface area contributed by atoms with Crippen LogP contribution in [0.1, 0.15) is 24.2 Å². The zero-order valence-corrected chi connectivity index (χ0v) is 13.8. The molecule has 2 rings (SSSR count). The molecule has 1 aromatic rings. The van der Waals surface area contributed by atoms with E-state index in [0.29, 0.717) is 25.0 Å². The Morgan fingerprint density at radius 2 is 2.33 bits per heavy atom. The minimum absolute atomic E-state index is 0.00142. The molecule has 1 aromatic carbocycles. The van der Waals surface area contributed by atoms with Gasteiger partial charge in [-0.05, 0) is 48.0 Å². The van der Waals surface area contributed by atoms with Crippen LogP contribution in [-0.4, -0.2) is 54.4 Å². The van der Waals surface area contributed by atoms with Gasteiger partial charge in [0.05, 0.1) is 16.6 Å². The number of nitrogens with zero attached hydrogens (tertiary/aromatic N) is 1. The Labute approximate surface area is 133 Å². The van der Waals surface area contributed by atoms with Gasteiger partial charge in [0.2, 0.25) is 0 Å². The first kappa shape index (κ1) is 16.3. The lowest BCUT2D eigenvalue weighted by Gasteiger charge is -2.35. The summed E-state index contributed by atoms with van der Waals surface area (Å²) in [7, 11) is 0. The molecule has 1 N–H and O–H groups in total. The van der Waals surface area contributed by atoms with Crippen molar-refractivity contribution in [3.8, 4) is 5.75 Å². The SMILES string of the molecule is CC(C)N1CCOC(COc2cc(C(=O)O)ccc2Br)C1. The first-order valence-corrected chi connectivity index (χ1v) is 7.78. The van der Waals surface area contributed by atoms with Gasteiger partial charge in [-0.3, -0.25) is 4.90 Å². The van der Waals surface area contributed by atoms with Crippen LogP contribution in [0.2, 0.25) is 0 Å². The molecular weight excluding hydrogens is 338 g/mol. The molecule has 1 aliphatic heterocycles. The highest BCUT2D eigenvalue weighted by Crippen LogP contribution is 2.26. The Kier molecular flexibility index (Phi) is 5.61. The molecule has 21 heavy (non-hydrogen) atoms. The molecule has 1 heterocycles. The highest BCUT2D eigenvalue weighted by molar-refractivity contribution is 9.10. The van der Waals surface area contributed by atoms with Crippen molar-refractivity contribution in [3.05, 3.63) is 28.2 Å². The van der Waals surface area contributed by atoms with Gasteiger partial charge in [-0.1, -0.05) is 0 Å². The van der Waals surface area contributed by atoms with E-state index in [0.717, 1.165) is 17.6 Å². The summed E-state index contributed by atoms with van der Waals surface area (Å²) in [6, 6.07) is 5.23. The van der Waals surface area contributed by atoms with E-state index in [1.54, 1.807) is 6.07 Å². The Hall–Kier alpha value is -1.11. The second-order valence-corrected chi connectivity index (χ2v) is 6.20. The molecule has 0 saturated carbocycles. The minimum atomic E-state index is -0.966. The largest absolute Gasteiger partial charge is 0.490 e. The Morgan fingerprint density at radius 1 is 1.57 bits per heavy atom. The zero-order valence-electron chi connectivity index (χ0n) is 12.2. The van der Waals surface area contributed by atoms with Crippen molar-refractivity contribution in [2.75, 3.05) is 26.3 Å². The van der Waals surface area contributed by atoms with Crippen LogP contribution in [0.15, 0.2) is 22.7 Å². The van der Waals surface area contributed by atoms with Gasteiger partial charge in [-0.25, -0.2) is 4.79 Å². The minimum Gasteiger partial charge on any atom is -0.490 e. The van der Waals surface area contributed by atoms with Gasteiger partial charge < -0.3 is 14.6 Å². The average molecular weight is 358 g/mol. The second kappa shape index (κ2) is 7.24. The van der Waals surface area contributed by atoms with E-state index in [2.05, 4.69) is 34.7 Å². The number of carboxylic acid groups (broad SMARTS) is 1. The number of aromatic carboxylic acids is 1. The Morgan fingerprint density at radius 3 is 3.00 bits per heavy atom. The summed E-state index contributed by atoms with van der Waals surface area (Å²) < 4.78 is 12.2. The van der Waals surface area contributed by atoms with Crippen LogP contribution in [-0.2, 0) is 4.74 Å². The quantitative estimate of drug-likeness (QED) is 0.877. The molecule has 0 aliphatic carbocycles. The maximum absolute atomic E-state index is 11.0. The molecule has 5 nitrogen and oxygen atoms in total. The molecule has 0 spiro atoms. The maximum atomic E-state index is 11.0. The Bertz CT molecular complexity index is 506. The molecule has 116 valence electrons. The number of hydrogen-bond acceptors (Lipinski definition) is 4. The van der Waals surface area contributed by atoms with Crippen LogP contribution < -0.4 is 4.74 Å². The molecule has 0 aromatic heterocycles. The fourth-order valence-electron chi connectivity index (χ4n) is 2.24. The van der Waals surface area contributed by atoms with Crippen molar-refractivity contribution in [2.24, 2.45) is 0 Å². The molecule has 1 unspecified atom stereocenters. The van der Waals surface area contributed by atoms with E-state index in [9.17, 15) is 4.79 Å². The van der Waals surface area contributed by atoms with Crippen LogP contribution >= 0.6 is 15.9 Å². The van der Waals surface area contributed by atoms with E-state index in [1.807, 2.05) is 0 Å². The van der Waals surface area contributed by atoms with Crippen LogP contribution in [0.25, 0.3) is 0 Å². The third kappa shape index (κ3) is 4.43. The van der Waals surface area contributed by atoms with Gasteiger partial charge in [0.1, 0.15) is 18.5 Å². The van der Waals surface area contributed by atoms with E-state index >= 15 is 0 Å². The van der Waals surface area contributed by atoms with E-state index < -0.39 is 5.97 Å². The van der Waals surface area contributed by atoms with Gasteiger partial charge in [-0.2, -0.15) is 0 Å². The molecule has 1 atom stereocenters. The topological polar surface area (TPSA) is 59.0 Å². The van der Waals surface area contributed by atoms with E-state index in [1.165, 1.54) is 12.1 Å². The van der Waals surface area contributed by atoms with Crippen molar-refractivity contribution in [1.29, 1.82) is 0 Å². The third-order valence-electron chi connectivity index (χ3n) is 3.50. The van der Waals surface area contributed by atoms with Crippen molar-refractivity contribution in [2.45, 2.75) is 26.0 Å². The highest BCUT2D eigenvalue weighted by atomic mass is 79.9. The standard InChI is InChI=1S/C15H20BrNO4/c1-10(2)17-5-6-20-12(8-17)9-21-14-7-11(15(18)19)3-4-13(14)16/h3-4,7,10,12H,5-6,8-9H2,1-2H3,(H,18,19). The van der Waals surface area contributed by atoms with Gasteiger partial charge in [0.15, 0.2) is 0 Å². The normalized spacial score (nSPS) is 19.7. The summed E-state index contributed by atoms with van der Waals surface area (Å²) in [4.78, 5) is 13.3. The first-order chi connectivity index (χ1) is 9.97. The van der Waals surface area contributed by atoms with Gasteiger partial charge >= 0.3 is 5.97 Å². The van der Waals surface area contributed by atoms with Crippen molar-refractivity contribution >= 4 is 21.9 Å². The van der Waals surface area contributed by atoms with Crippen molar-refractivity contribution in [1.82, 2.24) is 4.90 Å². The Balaban J connectivity index is 1.96. The number of carbonyl (C=O) groups is 1. The van der Waals surface area contributed by atoms with Crippen molar-refractivity contribution < 1.29 is 19.4 Å². The molecule has 6 heteroatoms. The number of carboxylic acids is 1. The summed E-state index contributed by atoms with van der Waals surface area (Å²) in [5.41, 5.74) is 0.210. The first-order valence-electron chi connectivity index (χ1n) is 6.98. The highest BCUT2D eigenvalue weighted by Gasteiger charge is 2.23. The molecule has 1 saturated heterocycles. The van der Waals surface area contributed by atoms with Crippen LogP contribution in [0.3, 0.4) is 0 Å². The van der Waals surface area contributed by atoms with Gasteiger partial charge in [-0.15, -0.1) is 0 Å². The second-order valence-electron chi connectivity index (χ2n) is 5.34. The predicted octanol–water partition coefficient (Wildman–Crippen LogP) is 2.64. The molecule has 1 fully saturated rings. The number of rotatable bonds is 5. The average Bonchev–Trinajstić information content (AvgIpc) is 2.46. The maximum Gasteiger partial charge on any atom is 0.335 e. The number of ether oxygens (including phenoxy) is 2. The lowest BCUT2D eigenvalue weighted by molar-refractivity contribution is -0.0565. The number of morpholine rings is 1. The predicted molar refractivity (Wildman–Crippen MR) is 83.0 cm³/mol. The van der Waals surface area contributed by atoms with Gasteiger partial charge in [0.25, 0.3) is 0 Å². The van der Waals surface area contributed by atoms with E-state index in [4.69, 9.17) is 14.6 Å². The fourth-order valence-corrected chi connectivity index (χ4v) is 2.60. The molecule has 1 aliphatic rings. The molecule has 0 amide bonds. The summed E-state index contributed by atoms with van der Waals surface area (Å²) in [6.45, 7) is 7.19. The number of hydrogen-bond donors (Lipinski definition) is 1. The summed E-state index contributed by atoms with van der Waals surface area (Å²) >= 11 is 3.37.